The number of phenols is 1. The number of hydrogen-bond acceptors (Lipinski definition) is 4. The highest BCUT2D eigenvalue weighted by molar-refractivity contribution is 6.13. The number of pyridine rings is 1. The Morgan fingerprint density at radius 1 is 0.478 bits per heavy atom. The van der Waals surface area contributed by atoms with Crippen LogP contribution in [0.25, 0.3) is 89.5 Å². The van der Waals surface area contributed by atoms with Gasteiger partial charge in [-0.1, -0.05) is 156 Å². The number of aromatic hydroxyl groups is 1. The van der Waals surface area contributed by atoms with Gasteiger partial charge in [0.2, 0.25) is 11.7 Å². The van der Waals surface area contributed by atoms with Crippen molar-refractivity contribution in [1.29, 1.82) is 0 Å². The van der Waals surface area contributed by atoms with E-state index in [1.807, 2.05) is 12.3 Å². The SMILES string of the molecule is CC(C)(C)c1ccnc(-n2c3cc4c(cc3n3c5ccccc5nc23)c2ccccc2n4-c2nc(-c3cc(C(C)(C)C)cc(C(C)(C)C)c3O)cn2-c2ccc(C(C)(C)C)cc2-c2ccccc2)c1. The number of hydrogen-bond donors (Lipinski definition) is 1. The fourth-order valence-corrected chi connectivity index (χ4v) is 10.0. The summed E-state index contributed by atoms with van der Waals surface area (Å²) < 4.78 is 9.05. The van der Waals surface area contributed by atoms with Gasteiger partial charge in [-0.2, -0.15) is 0 Å². The monoisotopic (exact) mass is 907 g/mol. The lowest BCUT2D eigenvalue weighted by Crippen LogP contribution is -2.17. The van der Waals surface area contributed by atoms with E-state index in [0.29, 0.717) is 17.2 Å². The van der Waals surface area contributed by atoms with Gasteiger partial charge in [0.1, 0.15) is 11.6 Å². The number of aromatic nitrogens is 7. The molecule has 0 radical (unpaired) electrons. The Hall–Kier alpha value is -7.45. The molecule has 0 aliphatic carbocycles. The minimum absolute atomic E-state index is 0.0903. The molecule has 0 saturated carbocycles. The molecule has 11 aromatic rings. The zero-order valence-electron chi connectivity index (χ0n) is 41.9. The minimum atomic E-state index is -0.325. The molecular formula is C61H61N7O. The molecule has 8 heteroatoms. The first-order valence-corrected chi connectivity index (χ1v) is 24.2. The number of phenolic OH excluding ortho intramolecular Hbond substituents is 1. The molecule has 0 amide bonds. The normalized spacial score (nSPS) is 13.0. The second-order valence-corrected chi connectivity index (χ2v) is 23.0. The second-order valence-electron chi connectivity index (χ2n) is 23.0. The molecule has 69 heavy (non-hydrogen) atoms. The van der Waals surface area contributed by atoms with E-state index in [-0.39, 0.29) is 27.4 Å². The quantitative estimate of drug-likeness (QED) is 0.187. The van der Waals surface area contributed by atoms with Gasteiger partial charge in [0.15, 0.2) is 0 Å². The average Bonchev–Trinajstić information content (AvgIpc) is 4.06. The molecule has 0 aliphatic rings. The number of para-hydroxylation sites is 3. The predicted octanol–water partition coefficient (Wildman–Crippen LogP) is 15.3. The van der Waals surface area contributed by atoms with Crippen LogP contribution in [0.2, 0.25) is 0 Å². The topological polar surface area (TPSA) is 78.1 Å². The lowest BCUT2D eigenvalue weighted by molar-refractivity contribution is 0.446. The van der Waals surface area contributed by atoms with Gasteiger partial charge in [0.05, 0.1) is 44.5 Å². The number of benzene rings is 6. The van der Waals surface area contributed by atoms with Crippen LogP contribution in [-0.4, -0.2) is 38.2 Å². The van der Waals surface area contributed by atoms with Crippen molar-refractivity contribution < 1.29 is 5.11 Å². The molecular weight excluding hydrogens is 847 g/mol. The van der Waals surface area contributed by atoms with Crippen molar-refractivity contribution in [2.24, 2.45) is 0 Å². The van der Waals surface area contributed by atoms with Crippen molar-refractivity contribution in [2.45, 2.75) is 105 Å². The van der Waals surface area contributed by atoms with E-state index in [1.54, 1.807) is 0 Å². The van der Waals surface area contributed by atoms with Gasteiger partial charge >= 0.3 is 0 Å². The number of nitrogens with zero attached hydrogens (tertiary/aromatic N) is 7. The van der Waals surface area contributed by atoms with Gasteiger partial charge in [-0.15, -0.1) is 0 Å². The smallest absolute Gasteiger partial charge is 0.221 e. The molecule has 8 nitrogen and oxygen atoms in total. The molecule has 0 unspecified atom stereocenters. The number of fused-ring (bicyclic) bond motifs is 8. The molecule has 0 saturated heterocycles. The first kappa shape index (κ1) is 44.1. The molecule has 11 rings (SSSR count). The van der Waals surface area contributed by atoms with E-state index >= 15 is 0 Å². The summed E-state index contributed by atoms with van der Waals surface area (Å²) in [4.78, 5) is 16.0. The molecule has 1 N–H and O–H groups in total. The van der Waals surface area contributed by atoms with Crippen LogP contribution in [0.15, 0.2) is 146 Å². The van der Waals surface area contributed by atoms with Crippen molar-refractivity contribution >= 4 is 49.7 Å². The number of imidazole rings is 3. The van der Waals surface area contributed by atoms with Crippen molar-refractivity contribution in [3.05, 3.63) is 168 Å². The van der Waals surface area contributed by atoms with Crippen LogP contribution in [-0.2, 0) is 21.7 Å². The minimum Gasteiger partial charge on any atom is -0.507 e. The van der Waals surface area contributed by atoms with E-state index in [1.165, 1.54) is 11.1 Å². The lowest BCUT2D eigenvalue weighted by Gasteiger charge is -2.27. The van der Waals surface area contributed by atoms with Crippen LogP contribution in [0.1, 0.15) is 105 Å². The van der Waals surface area contributed by atoms with Crippen molar-refractivity contribution in [3.63, 3.8) is 0 Å². The summed E-state index contributed by atoms with van der Waals surface area (Å²) in [6.07, 6.45) is 4.05. The van der Waals surface area contributed by atoms with E-state index in [9.17, 15) is 5.11 Å². The third-order valence-electron chi connectivity index (χ3n) is 14.0. The Kier molecular flexibility index (Phi) is 9.76. The maximum absolute atomic E-state index is 12.4. The van der Waals surface area contributed by atoms with Gasteiger partial charge in [-0.3, -0.25) is 18.1 Å². The predicted molar refractivity (Wildman–Crippen MR) is 286 cm³/mol. The van der Waals surface area contributed by atoms with Crippen LogP contribution in [0.3, 0.4) is 0 Å². The fourth-order valence-electron chi connectivity index (χ4n) is 10.0. The second kappa shape index (κ2) is 15.3. The fraction of sp³-hybridized carbons (Fsp3) is 0.262. The van der Waals surface area contributed by atoms with Gasteiger partial charge in [-0.05, 0) is 105 Å². The third kappa shape index (κ3) is 7.22. The molecule has 0 fully saturated rings. The average molecular weight is 908 g/mol. The van der Waals surface area contributed by atoms with Crippen LogP contribution < -0.4 is 0 Å². The van der Waals surface area contributed by atoms with E-state index in [2.05, 4.69) is 235 Å². The summed E-state index contributed by atoms with van der Waals surface area (Å²) in [5.74, 6) is 2.56. The maximum Gasteiger partial charge on any atom is 0.221 e. The molecule has 5 heterocycles. The summed E-state index contributed by atoms with van der Waals surface area (Å²) in [6, 6.07) is 47.7. The van der Waals surface area contributed by atoms with Crippen LogP contribution in [0.5, 0.6) is 5.75 Å². The van der Waals surface area contributed by atoms with Gasteiger partial charge in [-0.25, -0.2) is 15.0 Å². The highest BCUT2D eigenvalue weighted by atomic mass is 16.3. The molecule has 346 valence electrons. The molecule has 0 spiro atoms. The van der Waals surface area contributed by atoms with Gasteiger partial charge in [0.25, 0.3) is 0 Å². The highest BCUT2D eigenvalue weighted by Gasteiger charge is 2.30. The third-order valence-corrected chi connectivity index (χ3v) is 14.0. The Morgan fingerprint density at radius 3 is 1.84 bits per heavy atom. The molecule has 0 aliphatic heterocycles. The van der Waals surface area contributed by atoms with Crippen LogP contribution in [0.4, 0.5) is 0 Å². The summed E-state index contributed by atoms with van der Waals surface area (Å²) >= 11 is 0. The first-order valence-electron chi connectivity index (χ1n) is 24.2. The van der Waals surface area contributed by atoms with Crippen molar-refractivity contribution in [2.75, 3.05) is 0 Å². The number of rotatable bonds is 5. The largest absolute Gasteiger partial charge is 0.507 e. The lowest BCUT2D eigenvalue weighted by atomic mass is 9.78. The Bertz CT molecular complexity index is 3830. The molecule has 5 aromatic heterocycles. The Balaban J connectivity index is 1.29. The summed E-state index contributed by atoms with van der Waals surface area (Å²) in [7, 11) is 0. The first-order chi connectivity index (χ1) is 32.7. The maximum atomic E-state index is 12.4. The van der Waals surface area contributed by atoms with Crippen LogP contribution >= 0.6 is 0 Å². The standard InChI is InChI=1S/C61H61N7O/c1-58(2,3)38-26-27-48(42(30-38)37-20-14-13-15-21-37)65-36-47(44-31-40(60(7,8)9)32-45(55(44)69)61(10,11)12)64-56(65)66-49-24-18-16-22-41(49)43-34-52-53(35-51(43)66)68(54-33-39(28-29-62-54)59(4,5)6)57-63-46-23-17-19-25-50(46)67(52)57/h13-36,69H,1-12H3. The van der Waals surface area contributed by atoms with Gasteiger partial charge < -0.3 is 5.11 Å². The van der Waals surface area contributed by atoms with E-state index in [4.69, 9.17) is 15.0 Å². The molecule has 0 atom stereocenters. The summed E-state index contributed by atoms with van der Waals surface area (Å²) in [5.41, 5.74) is 14.3. The van der Waals surface area contributed by atoms with Crippen LogP contribution in [0, 0.1) is 0 Å². The van der Waals surface area contributed by atoms with Crippen molar-refractivity contribution in [1.82, 2.24) is 33.1 Å². The van der Waals surface area contributed by atoms with Crippen molar-refractivity contribution in [3.8, 4) is 45.6 Å². The molecule has 6 aromatic carbocycles. The summed E-state index contributed by atoms with van der Waals surface area (Å²) in [5, 5.41) is 14.6. The van der Waals surface area contributed by atoms with E-state index in [0.717, 1.165) is 83.4 Å². The van der Waals surface area contributed by atoms with Gasteiger partial charge in [0, 0.05) is 39.9 Å². The zero-order valence-corrected chi connectivity index (χ0v) is 41.9. The Labute approximate surface area is 404 Å². The highest BCUT2D eigenvalue weighted by Crippen LogP contribution is 2.45. The summed E-state index contributed by atoms with van der Waals surface area (Å²) in [6.45, 7) is 26.7. The molecule has 0 bridgehead atoms. The zero-order chi connectivity index (χ0) is 48.5. The van der Waals surface area contributed by atoms with E-state index < -0.39 is 0 Å². The Morgan fingerprint density at radius 2 is 1.13 bits per heavy atom.